The third-order valence-electron chi connectivity index (χ3n) is 5.88. The molecule has 4 heteroatoms. The number of imidazole rings is 1. The number of fused-ring (bicyclic) bond motifs is 1. The van der Waals surface area contributed by atoms with Gasteiger partial charge in [-0.15, -0.1) is 0 Å². The fourth-order valence-electron chi connectivity index (χ4n) is 3.54. The maximum absolute atomic E-state index is 6.71. The average Bonchev–Trinajstić information content (AvgIpc) is 2.86. The fraction of sp³-hybridized carbons (Fsp3) is 0.550. The Morgan fingerprint density at radius 1 is 1.33 bits per heavy atom. The van der Waals surface area contributed by atoms with Gasteiger partial charge in [-0.1, -0.05) is 45.6 Å². The topological polar surface area (TPSA) is 27.1 Å². The molecule has 0 radical (unpaired) electrons. The predicted octanol–water partition coefficient (Wildman–Crippen LogP) is 5.79. The molecule has 0 spiro atoms. The molecule has 2 aromatic rings. The average molecular weight is 343 g/mol. The first-order valence-corrected chi connectivity index (χ1v) is 11.8. The van der Waals surface area contributed by atoms with E-state index in [4.69, 9.17) is 4.43 Å². The van der Waals surface area contributed by atoms with Gasteiger partial charge >= 0.3 is 0 Å². The minimum Gasteiger partial charge on any atom is -0.411 e. The van der Waals surface area contributed by atoms with Crippen LogP contribution in [0.3, 0.4) is 0 Å². The Labute approximate surface area is 146 Å². The van der Waals surface area contributed by atoms with E-state index in [-0.39, 0.29) is 10.6 Å². The molecule has 1 heterocycles. The fourth-order valence-corrected chi connectivity index (χ4v) is 5.25. The molecular formula is C20H30N2OSi. The van der Waals surface area contributed by atoms with Gasteiger partial charge in [0.05, 0.1) is 23.0 Å². The van der Waals surface area contributed by atoms with Crippen molar-refractivity contribution in [1.82, 2.24) is 9.55 Å². The monoisotopic (exact) mass is 342 g/mol. The summed E-state index contributed by atoms with van der Waals surface area (Å²) < 4.78 is 9.03. The molecule has 0 unspecified atom stereocenters. The first-order valence-electron chi connectivity index (χ1n) is 8.84. The molecule has 0 atom stereocenters. The van der Waals surface area contributed by atoms with Crippen LogP contribution in [-0.2, 0) is 4.43 Å². The number of benzene rings is 1. The number of nitrogens with zero attached hydrogens (tertiary/aromatic N) is 2. The van der Waals surface area contributed by atoms with Crippen LogP contribution in [0.25, 0.3) is 17.1 Å². The van der Waals surface area contributed by atoms with Crippen molar-refractivity contribution in [2.24, 2.45) is 0 Å². The van der Waals surface area contributed by atoms with Crippen molar-refractivity contribution in [2.75, 3.05) is 0 Å². The van der Waals surface area contributed by atoms with Crippen LogP contribution in [0.1, 0.15) is 52.1 Å². The second kappa shape index (κ2) is 5.56. The van der Waals surface area contributed by atoms with Crippen molar-refractivity contribution >= 4 is 25.4 Å². The number of para-hydroxylation sites is 1. The van der Waals surface area contributed by atoms with Gasteiger partial charge in [0.15, 0.2) is 8.32 Å². The van der Waals surface area contributed by atoms with Crippen molar-refractivity contribution in [1.29, 1.82) is 0 Å². The molecule has 1 fully saturated rings. The van der Waals surface area contributed by atoms with Crippen molar-refractivity contribution in [3.63, 3.8) is 0 Å². The molecular weight excluding hydrogens is 312 g/mol. The second-order valence-electron chi connectivity index (χ2n) is 8.95. The van der Waals surface area contributed by atoms with Crippen LogP contribution in [-0.4, -0.2) is 23.5 Å². The highest BCUT2D eigenvalue weighted by Crippen LogP contribution is 2.49. The summed E-state index contributed by atoms with van der Waals surface area (Å²) in [6.07, 6.45) is 6.01. The number of rotatable bonds is 4. The van der Waals surface area contributed by atoms with Gasteiger partial charge in [-0.25, -0.2) is 4.98 Å². The summed E-state index contributed by atoms with van der Waals surface area (Å²) in [4.78, 5) is 4.57. The van der Waals surface area contributed by atoms with Gasteiger partial charge in [-0.05, 0) is 49.5 Å². The van der Waals surface area contributed by atoms with Crippen LogP contribution in [0, 0.1) is 0 Å². The maximum atomic E-state index is 6.71. The van der Waals surface area contributed by atoms with Gasteiger partial charge in [-0.3, -0.25) is 0 Å². The SMILES string of the molecule is C=Cc1cccc2ncn(C3CC(C)(O[Si](C)(C)C(C)(C)C)C3)c12. The van der Waals surface area contributed by atoms with Gasteiger partial charge in [-0.2, -0.15) is 0 Å². The highest BCUT2D eigenvalue weighted by atomic mass is 28.4. The molecule has 1 saturated carbocycles. The third kappa shape index (κ3) is 2.86. The first-order chi connectivity index (χ1) is 11.1. The van der Waals surface area contributed by atoms with Crippen LogP contribution < -0.4 is 0 Å². The van der Waals surface area contributed by atoms with E-state index in [1.54, 1.807) is 0 Å². The molecule has 1 aliphatic carbocycles. The van der Waals surface area contributed by atoms with E-state index in [0.717, 1.165) is 23.9 Å². The first kappa shape index (κ1) is 17.4. The van der Waals surface area contributed by atoms with Crippen LogP contribution >= 0.6 is 0 Å². The smallest absolute Gasteiger partial charge is 0.192 e. The van der Waals surface area contributed by atoms with Crippen LogP contribution in [0.2, 0.25) is 18.1 Å². The standard InChI is InChI=1S/C20H30N2OSi/c1-8-15-10-9-11-17-18(15)22(14-21-17)16-12-20(5,13-16)23-24(6,7)19(2,3)4/h8-11,14,16H,1,12-13H2,2-7H3. The molecule has 0 saturated heterocycles. The highest BCUT2D eigenvalue weighted by Gasteiger charge is 2.49. The molecule has 0 aliphatic heterocycles. The van der Waals surface area contributed by atoms with Crippen LogP contribution in [0.15, 0.2) is 31.1 Å². The summed E-state index contributed by atoms with van der Waals surface area (Å²) in [6, 6.07) is 6.69. The third-order valence-corrected chi connectivity index (χ3v) is 10.5. The van der Waals surface area contributed by atoms with Crippen molar-refractivity contribution in [2.45, 2.75) is 70.3 Å². The summed E-state index contributed by atoms with van der Waals surface area (Å²) in [5.41, 5.74) is 3.40. The summed E-state index contributed by atoms with van der Waals surface area (Å²) in [5, 5.41) is 0.249. The normalized spacial score (nSPS) is 24.8. The summed E-state index contributed by atoms with van der Waals surface area (Å²) >= 11 is 0. The van der Waals surface area contributed by atoms with E-state index >= 15 is 0 Å². The van der Waals surface area contributed by atoms with Crippen molar-refractivity contribution in [3.05, 3.63) is 36.7 Å². The predicted molar refractivity (Wildman–Crippen MR) is 105 cm³/mol. The zero-order valence-corrected chi connectivity index (χ0v) is 16.9. The molecule has 1 aromatic carbocycles. The molecule has 3 nitrogen and oxygen atoms in total. The van der Waals surface area contributed by atoms with Gasteiger partial charge < -0.3 is 8.99 Å². The molecule has 0 N–H and O–H groups in total. The molecule has 24 heavy (non-hydrogen) atoms. The van der Waals surface area contributed by atoms with E-state index < -0.39 is 8.32 Å². The quantitative estimate of drug-likeness (QED) is 0.657. The molecule has 0 amide bonds. The maximum Gasteiger partial charge on any atom is 0.192 e. The van der Waals surface area contributed by atoms with Crippen molar-refractivity contribution in [3.8, 4) is 0 Å². The van der Waals surface area contributed by atoms with Crippen LogP contribution in [0.5, 0.6) is 0 Å². The van der Waals surface area contributed by atoms with Gasteiger partial charge in [0.1, 0.15) is 0 Å². The summed E-state index contributed by atoms with van der Waals surface area (Å²) in [7, 11) is -1.74. The van der Waals surface area contributed by atoms with Gasteiger partial charge in [0.2, 0.25) is 0 Å². The Hall–Kier alpha value is -1.39. The number of aromatic nitrogens is 2. The largest absolute Gasteiger partial charge is 0.411 e. The zero-order valence-electron chi connectivity index (χ0n) is 15.9. The number of hydrogen-bond donors (Lipinski definition) is 0. The zero-order chi connectivity index (χ0) is 17.8. The molecule has 0 bridgehead atoms. The lowest BCUT2D eigenvalue weighted by Gasteiger charge is -2.52. The lowest BCUT2D eigenvalue weighted by Crippen LogP contribution is -2.54. The minimum absolute atomic E-state index is 0.00656. The van der Waals surface area contributed by atoms with Gasteiger partial charge in [0.25, 0.3) is 0 Å². The Bertz CT molecular complexity index is 764. The van der Waals surface area contributed by atoms with Gasteiger partial charge in [0, 0.05) is 6.04 Å². The summed E-state index contributed by atoms with van der Waals surface area (Å²) in [6.45, 7) is 17.8. The Balaban J connectivity index is 1.81. The van der Waals surface area contributed by atoms with E-state index in [1.807, 2.05) is 18.5 Å². The van der Waals surface area contributed by atoms with E-state index in [1.165, 1.54) is 5.52 Å². The minimum atomic E-state index is -1.74. The van der Waals surface area contributed by atoms with E-state index in [2.05, 4.69) is 69.1 Å². The Kier molecular flexibility index (Phi) is 4.04. The van der Waals surface area contributed by atoms with E-state index in [0.29, 0.717) is 6.04 Å². The molecule has 3 rings (SSSR count). The second-order valence-corrected chi connectivity index (χ2v) is 13.7. The highest BCUT2D eigenvalue weighted by molar-refractivity contribution is 6.74. The van der Waals surface area contributed by atoms with Crippen molar-refractivity contribution < 1.29 is 4.43 Å². The number of hydrogen-bond acceptors (Lipinski definition) is 2. The lowest BCUT2D eigenvalue weighted by molar-refractivity contribution is -0.0377. The van der Waals surface area contributed by atoms with Crippen LogP contribution in [0.4, 0.5) is 0 Å². The Morgan fingerprint density at radius 2 is 2.00 bits per heavy atom. The van der Waals surface area contributed by atoms with E-state index in [9.17, 15) is 0 Å². The molecule has 130 valence electrons. The molecule has 1 aliphatic rings. The lowest BCUT2D eigenvalue weighted by atomic mass is 9.77. The molecule has 1 aromatic heterocycles. The Morgan fingerprint density at radius 3 is 2.58 bits per heavy atom. The summed E-state index contributed by atoms with van der Waals surface area (Å²) in [5.74, 6) is 0.